The minimum absolute atomic E-state index is 0. The Bertz CT molecular complexity index is 822. The fourth-order valence-corrected chi connectivity index (χ4v) is 2.57. The van der Waals surface area contributed by atoms with Gasteiger partial charge in [-0.2, -0.15) is 8.42 Å². The number of rotatable bonds is 6. The van der Waals surface area contributed by atoms with Gasteiger partial charge in [0.2, 0.25) is 0 Å². The van der Waals surface area contributed by atoms with Crippen LogP contribution in [0.1, 0.15) is 21.3 Å². The van der Waals surface area contributed by atoms with Gasteiger partial charge in [-0.15, -0.1) is 0 Å². The molecule has 0 fully saturated rings. The molecule has 0 heterocycles. The van der Waals surface area contributed by atoms with E-state index in [9.17, 15) is 13.2 Å². The number of anilines is 3. The third kappa shape index (κ3) is 9.24. The number of nitrogen functional groups attached to an aromatic ring is 2. The molecule has 5 N–H and O–H groups in total. The normalized spacial score (nSPS) is 10.1. The summed E-state index contributed by atoms with van der Waals surface area (Å²) in [6.07, 6.45) is 0. The average Bonchev–Trinajstić information content (AvgIpc) is 2.60. The second-order valence-corrected chi connectivity index (χ2v) is 6.98. The van der Waals surface area contributed by atoms with Crippen LogP contribution in [-0.2, 0) is 19.6 Å². The number of carbonyl (C=O) groups is 1. The zero-order valence-electron chi connectivity index (χ0n) is 15.3. The molecule has 0 radical (unpaired) electrons. The Balaban J connectivity index is 0.000000535. The molecule has 0 unspecified atom stereocenters. The van der Waals surface area contributed by atoms with Crippen LogP contribution in [0, 0.1) is 0 Å². The molecule has 0 bridgehead atoms. The molecule has 0 spiro atoms. The Morgan fingerprint density at radius 1 is 1.04 bits per heavy atom. The summed E-state index contributed by atoms with van der Waals surface area (Å²) in [5.74, 6) is -0.242. The molecule has 2 aromatic rings. The lowest BCUT2D eigenvalue weighted by Crippen LogP contribution is -2.27. The molecule has 0 saturated carbocycles. The summed E-state index contributed by atoms with van der Waals surface area (Å²) in [5, 5.41) is 0. The Morgan fingerprint density at radius 2 is 1.50 bits per heavy atom. The van der Waals surface area contributed by atoms with Gasteiger partial charge in [0.05, 0.1) is 11.4 Å². The molecule has 0 amide bonds. The van der Waals surface area contributed by atoms with E-state index in [1.165, 1.54) is 31.2 Å². The van der Waals surface area contributed by atoms with Gasteiger partial charge in [0, 0.05) is 30.5 Å². The van der Waals surface area contributed by atoms with Crippen molar-refractivity contribution in [2.24, 2.45) is 0 Å². The minimum Gasteiger partial charge on any atom is -0.464 e. The number of carbonyl (C=O) groups excluding carboxylic acids is 1. The highest BCUT2D eigenvalue weighted by atomic mass is 32.2. The number of hydrogen-bond donors (Lipinski definition) is 3. The van der Waals surface area contributed by atoms with Gasteiger partial charge in [-0.25, -0.2) is 0 Å². The van der Waals surface area contributed by atoms with Crippen LogP contribution in [0.15, 0.2) is 53.4 Å². The van der Waals surface area contributed by atoms with Crippen molar-refractivity contribution in [3.8, 4) is 0 Å². The first-order valence-corrected chi connectivity index (χ1v) is 9.64. The number of ether oxygens (including phenoxy) is 1. The number of hydrogen-bond acceptors (Lipinski definition) is 7. The molecule has 0 aliphatic heterocycles. The lowest BCUT2D eigenvalue weighted by atomic mass is 10.2. The van der Waals surface area contributed by atoms with Gasteiger partial charge in [0.15, 0.2) is 0 Å². The van der Waals surface area contributed by atoms with E-state index in [4.69, 9.17) is 20.8 Å². The highest BCUT2D eigenvalue weighted by Gasteiger charge is 2.07. The first kappa shape index (κ1) is 25.2. The SMILES string of the molecule is C.CCN(CCOC(C)=O)c1ccc(N)cc1.Nc1ccc(S(=O)(=O)O)cc1. The van der Waals surface area contributed by atoms with Crippen LogP contribution in [0.25, 0.3) is 0 Å². The van der Waals surface area contributed by atoms with E-state index >= 15 is 0 Å². The summed E-state index contributed by atoms with van der Waals surface area (Å²) in [6.45, 7) is 5.45. The highest BCUT2D eigenvalue weighted by Crippen LogP contribution is 2.15. The Kier molecular flexibility index (Phi) is 10.7. The number of esters is 1. The highest BCUT2D eigenvalue weighted by molar-refractivity contribution is 7.85. The van der Waals surface area contributed by atoms with E-state index in [2.05, 4.69) is 11.8 Å². The van der Waals surface area contributed by atoms with Gasteiger partial charge < -0.3 is 21.1 Å². The lowest BCUT2D eigenvalue weighted by molar-refractivity contribution is -0.140. The van der Waals surface area contributed by atoms with Crippen molar-refractivity contribution in [3.05, 3.63) is 48.5 Å². The van der Waals surface area contributed by atoms with Gasteiger partial charge in [0.1, 0.15) is 6.61 Å². The van der Waals surface area contributed by atoms with Crippen LogP contribution < -0.4 is 16.4 Å². The number of likely N-dealkylation sites (N-methyl/N-ethyl adjacent to an activating group) is 1. The van der Waals surface area contributed by atoms with E-state index in [0.29, 0.717) is 18.8 Å². The predicted molar refractivity (Wildman–Crippen MR) is 113 cm³/mol. The molecule has 0 atom stereocenters. The smallest absolute Gasteiger partial charge is 0.302 e. The Labute approximate surface area is 166 Å². The van der Waals surface area contributed by atoms with Crippen LogP contribution in [0.3, 0.4) is 0 Å². The molecule has 2 rings (SSSR count). The van der Waals surface area contributed by atoms with Crippen molar-refractivity contribution >= 4 is 33.1 Å². The predicted octanol–water partition coefficient (Wildman–Crippen LogP) is 2.81. The molecular weight excluding hydrogens is 382 g/mol. The summed E-state index contributed by atoms with van der Waals surface area (Å²) in [4.78, 5) is 12.6. The van der Waals surface area contributed by atoms with Crippen molar-refractivity contribution in [1.82, 2.24) is 0 Å². The van der Waals surface area contributed by atoms with E-state index < -0.39 is 10.1 Å². The molecule has 0 aliphatic rings. The molecule has 0 aliphatic carbocycles. The second-order valence-electron chi connectivity index (χ2n) is 5.56. The fraction of sp³-hybridized carbons (Fsp3) is 0.316. The van der Waals surface area contributed by atoms with Gasteiger partial charge in [-0.05, 0) is 55.5 Å². The summed E-state index contributed by atoms with van der Waals surface area (Å²) in [5.41, 5.74) is 13.2. The molecule has 8 nitrogen and oxygen atoms in total. The zero-order valence-corrected chi connectivity index (χ0v) is 16.1. The fourth-order valence-electron chi connectivity index (χ4n) is 2.09. The van der Waals surface area contributed by atoms with Gasteiger partial charge in [-0.1, -0.05) is 7.43 Å². The standard InChI is InChI=1S/C12H18N2O2.C6H7NO3S.CH4/c1-3-14(8-9-16-10(2)15)12-6-4-11(13)5-7-12;7-5-1-3-6(4-2-5)11(8,9)10;/h4-7H,3,8-9,13H2,1-2H3;1-4H,7H2,(H,8,9,10);1H4. The number of nitrogens with two attached hydrogens (primary N) is 2. The quantitative estimate of drug-likeness (QED) is 0.375. The lowest BCUT2D eigenvalue weighted by Gasteiger charge is -2.22. The van der Waals surface area contributed by atoms with Crippen LogP contribution >= 0.6 is 0 Å². The molecule has 156 valence electrons. The largest absolute Gasteiger partial charge is 0.464 e. The minimum atomic E-state index is -4.08. The Hall–Kier alpha value is -2.78. The third-order valence-corrected chi connectivity index (χ3v) is 4.35. The van der Waals surface area contributed by atoms with E-state index in [0.717, 1.165) is 17.9 Å². The maximum atomic E-state index is 10.6. The second kappa shape index (κ2) is 11.8. The van der Waals surface area contributed by atoms with Crippen LogP contribution in [-0.4, -0.2) is 38.6 Å². The summed E-state index contributed by atoms with van der Waals surface area (Å²) >= 11 is 0. The van der Waals surface area contributed by atoms with Crippen molar-refractivity contribution in [3.63, 3.8) is 0 Å². The van der Waals surface area contributed by atoms with Crippen LogP contribution in [0.5, 0.6) is 0 Å². The Morgan fingerprint density at radius 3 is 1.89 bits per heavy atom. The maximum Gasteiger partial charge on any atom is 0.302 e. The summed E-state index contributed by atoms with van der Waals surface area (Å²) in [7, 11) is -4.08. The monoisotopic (exact) mass is 411 g/mol. The van der Waals surface area contributed by atoms with Crippen molar-refractivity contribution in [1.29, 1.82) is 0 Å². The van der Waals surface area contributed by atoms with Gasteiger partial charge in [-0.3, -0.25) is 9.35 Å². The first-order valence-electron chi connectivity index (χ1n) is 8.20. The van der Waals surface area contributed by atoms with Crippen LogP contribution in [0.2, 0.25) is 0 Å². The molecule has 0 saturated heterocycles. The molecule has 28 heavy (non-hydrogen) atoms. The molecule has 2 aromatic carbocycles. The summed E-state index contributed by atoms with van der Waals surface area (Å²) < 4.78 is 34.3. The van der Waals surface area contributed by atoms with E-state index in [1.54, 1.807) is 0 Å². The van der Waals surface area contributed by atoms with Crippen LogP contribution in [0.4, 0.5) is 17.1 Å². The molecular formula is C19H29N3O5S. The summed E-state index contributed by atoms with van der Waals surface area (Å²) in [6, 6.07) is 13.0. The topological polar surface area (TPSA) is 136 Å². The van der Waals surface area contributed by atoms with Gasteiger partial charge >= 0.3 is 5.97 Å². The average molecular weight is 412 g/mol. The van der Waals surface area contributed by atoms with Crippen molar-refractivity contribution in [2.75, 3.05) is 36.1 Å². The zero-order chi connectivity index (χ0) is 20.4. The number of nitrogens with zero attached hydrogens (tertiary/aromatic N) is 1. The van der Waals surface area contributed by atoms with Crippen molar-refractivity contribution < 1.29 is 22.5 Å². The molecule has 0 aromatic heterocycles. The third-order valence-electron chi connectivity index (χ3n) is 3.48. The van der Waals surface area contributed by atoms with Crippen molar-refractivity contribution in [2.45, 2.75) is 26.2 Å². The maximum absolute atomic E-state index is 10.6. The van der Waals surface area contributed by atoms with E-state index in [-0.39, 0.29) is 18.3 Å². The first-order chi connectivity index (χ1) is 12.6. The van der Waals surface area contributed by atoms with E-state index in [1.807, 2.05) is 24.3 Å². The number of benzene rings is 2. The van der Waals surface area contributed by atoms with Gasteiger partial charge in [0.25, 0.3) is 10.1 Å². The molecule has 9 heteroatoms.